The molecule has 0 N–H and O–H groups in total. The molecular weight excluding hydrogens is 175 g/mol. The van der Waals surface area contributed by atoms with E-state index in [1.807, 2.05) is 0 Å². The van der Waals surface area contributed by atoms with Crippen LogP contribution in [0.25, 0.3) is 0 Å². The van der Waals surface area contributed by atoms with Crippen LogP contribution in [0.15, 0.2) is 6.07 Å². The summed E-state index contributed by atoms with van der Waals surface area (Å²) in [4.78, 5) is 0. The maximum Gasteiger partial charge on any atom is 0.234 e. The Hall–Kier alpha value is -0.540. The van der Waals surface area contributed by atoms with Gasteiger partial charge in [-0.3, -0.25) is 0 Å². The molecule has 0 saturated carbocycles. The summed E-state index contributed by atoms with van der Waals surface area (Å²) in [6.45, 7) is 0. The van der Waals surface area contributed by atoms with Crippen LogP contribution >= 0.6 is 23.2 Å². The second kappa shape index (κ2) is 3.03. The van der Waals surface area contributed by atoms with Crippen molar-refractivity contribution in [1.82, 2.24) is 10.2 Å². The van der Waals surface area contributed by atoms with Gasteiger partial charge in [-0.15, -0.1) is 10.2 Å². The topological polar surface area (TPSA) is 35.0 Å². The van der Waals surface area contributed by atoms with E-state index in [9.17, 15) is 0 Å². The van der Waals surface area contributed by atoms with Gasteiger partial charge in [-0.05, 0) is 0 Å². The summed E-state index contributed by atoms with van der Waals surface area (Å²) < 4.78 is 4.73. The third kappa shape index (κ3) is 1.49. The zero-order valence-corrected chi connectivity index (χ0v) is 6.65. The van der Waals surface area contributed by atoms with Crippen molar-refractivity contribution >= 4 is 23.2 Å². The molecule has 0 aliphatic carbocycles. The molecule has 1 aromatic rings. The summed E-state index contributed by atoms with van der Waals surface area (Å²) in [5.41, 5.74) is 0. The monoisotopic (exact) mass is 178 g/mol. The molecular formula is C5H4Cl2N2O. The minimum atomic E-state index is 0.183. The van der Waals surface area contributed by atoms with E-state index >= 15 is 0 Å². The second-order valence-electron chi connectivity index (χ2n) is 1.53. The van der Waals surface area contributed by atoms with Crippen LogP contribution in [0.1, 0.15) is 0 Å². The highest BCUT2D eigenvalue weighted by molar-refractivity contribution is 6.41. The molecule has 54 valence electrons. The Morgan fingerprint density at radius 2 is 2.10 bits per heavy atom. The Morgan fingerprint density at radius 3 is 2.60 bits per heavy atom. The smallest absolute Gasteiger partial charge is 0.234 e. The largest absolute Gasteiger partial charge is 0.480 e. The van der Waals surface area contributed by atoms with Crippen molar-refractivity contribution in [2.24, 2.45) is 0 Å². The van der Waals surface area contributed by atoms with Gasteiger partial charge in [0, 0.05) is 6.07 Å². The van der Waals surface area contributed by atoms with Crippen LogP contribution < -0.4 is 4.74 Å². The molecule has 3 nitrogen and oxygen atoms in total. The molecule has 0 bridgehead atoms. The summed E-state index contributed by atoms with van der Waals surface area (Å²) in [6, 6.07) is 1.50. The van der Waals surface area contributed by atoms with Gasteiger partial charge in [0.1, 0.15) is 0 Å². The first-order chi connectivity index (χ1) is 4.74. The van der Waals surface area contributed by atoms with E-state index in [2.05, 4.69) is 10.2 Å². The van der Waals surface area contributed by atoms with Gasteiger partial charge in [0.2, 0.25) is 5.88 Å². The van der Waals surface area contributed by atoms with E-state index in [4.69, 9.17) is 27.9 Å². The molecule has 0 aliphatic heterocycles. The van der Waals surface area contributed by atoms with E-state index in [-0.39, 0.29) is 5.15 Å². The lowest BCUT2D eigenvalue weighted by atomic mass is 10.6. The van der Waals surface area contributed by atoms with Crippen molar-refractivity contribution in [3.05, 3.63) is 16.2 Å². The molecule has 0 spiro atoms. The average Bonchev–Trinajstić information content (AvgIpc) is 1.95. The van der Waals surface area contributed by atoms with Crippen molar-refractivity contribution in [2.75, 3.05) is 7.11 Å². The van der Waals surface area contributed by atoms with E-state index in [0.29, 0.717) is 10.9 Å². The normalized spacial score (nSPS) is 9.50. The minimum Gasteiger partial charge on any atom is -0.480 e. The number of nitrogens with zero attached hydrogens (tertiary/aromatic N) is 2. The number of ether oxygens (including phenoxy) is 1. The standard InChI is InChI=1S/C5H4Cl2N2O/c1-10-4-2-3(6)5(7)9-8-4/h2H,1H3. The fraction of sp³-hybridized carbons (Fsp3) is 0.200. The summed E-state index contributed by atoms with van der Waals surface area (Å²) in [6.07, 6.45) is 0. The van der Waals surface area contributed by atoms with Crippen LogP contribution in [0, 0.1) is 0 Å². The molecule has 1 aromatic heterocycles. The SMILES string of the molecule is COc1cc(Cl)c(Cl)nn1. The predicted molar refractivity (Wildman–Crippen MR) is 38.6 cm³/mol. The van der Waals surface area contributed by atoms with Gasteiger partial charge < -0.3 is 4.74 Å². The van der Waals surface area contributed by atoms with Crippen molar-refractivity contribution in [2.45, 2.75) is 0 Å². The lowest BCUT2D eigenvalue weighted by Crippen LogP contribution is -1.90. The molecule has 0 aliphatic rings. The lowest BCUT2D eigenvalue weighted by Gasteiger charge is -1.96. The van der Waals surface area contributed by atoms with Crippen molar-refractivity contribution in [1.29, 1.82) is 0 Å². The molecule has 0 amide bonds. The molecule has 5 heteroatoms. The van der Waals surface area contributed by atoms with E-state index in [1.54, 1.807) is 0 Å². The first-order valence-corrected chi connectivity index (χ1v) is 3.22. The quantitative estimate of drug-likeness (QED) is 0.659. The fourth-order valence-corrected chi connectivity index (χ4v) is 0.661. The average molecular weight is 179 g/mol. The van der Waals surface area contributed by atoms with Crippen LogP contribution in [0.5, 0.6) is 5.88 Å². The molecule has 1 rings (SSSR count). The van der Waals surface area contributed by atoms with Gasteiger partial charge in [-0.25, -0.2) is 0 Å². The van der Waals surface area contributed by atoms with Gasteiger partial charge in [-0.2, -0.15) is 0 Å². The number of aromatic nitrogens is 2. The number of halogens is 2. The van der Waals surface area contributed by atoms with Crippen LogP contribution in [0.4, 0.5) is 0 Å². The number of methoxy groups -OCH3 is 1. The molecule has 0 unspecified atom stereocenters. The fourth-order valence-electron chi connectivity index (χ4n) is 0.438. The van der Waals surface area contributed by atoms with Gasteiger partial charge in [0.05, 0.1) is 12.1 Å². The summed E-state index contributed by atoms with van der Waals surface area (Å²) in [5.74, 6) is 0.356. The molecule has 0 aromatic carbocycles. The molecule has 1 heterocycles. The first kappa shape index (κ1) is 7.57. The van der Waals surface area contributed by atoms with Crippen LogP contribution in [-0.4, -0.2) is 17.3 Å². The molecule has 10 heavy (non-hydrogen) atoms. The maximum atomic E-state index is 5.58. The van der Waals surface area contributed by atoms with Crippen LogP contribution in [0.3, 0.4) is 0 Å². The summed E-state index contributed by atoms with van der Waals surface area (Å²) in [5, 5.41) is 7.60. The minimum absolute atomic E-state index is 0.183. The Kier molecular flexibility index (Phi) is 2.29. The van der Waals surface area contributed by atoms with E-state index in [1.165, 1.54) is 13.2 Å². The Labute approximate surface area is 67.9 Å². The maximum absolute atomic E-state index is 5.58. The van der Waals surface area contributed by atoms with E-state index < -0.39 is 0 Å². The van der Waals surface area contributed by atoms with Gasteiger partial charge in [0.25, 0.3) is 0 Å². The van der Waals surface area contributed by atoms with Crippen LogP contribution in [0.2, 0.25) is 10.2 Å². The molecule has 0 atom stereocenters. The highest BCUT2D eigenvalue weighted by Gasteiger charge is 2.00. The Bertz CT molecular complexity index is 241. The zero-order chi connectivity index (χ0) is 7.56. The van der Waals surface area contributed by atoms with E-state index in [0.717, 1.165) is 0 Å². The summed E-state index contributed by atoms with van der Waals surface area (Å²) in [7, 11) is 1.48. The summed E-state index contributed by atoms with van der Waals surface area (Å²) >= 11 is 11.1. The lowest BCUT2D eigenvalue weighted by molar-refractivity contribution is 0.392. The molecule has 0 fully saturated rings. The van der Waals surface area contributed by atoms with Gasteiger partial charge in [0.15, 0.2) is 5.15 Å². The zero-order valence-electron chi connectivity index (χ0n) is 5.14. The van der Waals surface area contributed by atoms with Gasteiger partial charge >= 0.3 is 0 Å². The number of rotatable bonds is 1. The van der Waals surface area contributed by atoms with Crippen LogP contribution in [-0.2, 0) is 0 Å². The predicted octanol–water partition coefficient (Wildman–Crippen LogP) is 1.79. The number of hydrogen-bond acceptors (Lipinski definition) is 3. The third-order valence-electron chi connectivity index (χ3n) is 0.893. The second-order valence-corrected chi connectivity index (χ2v) is 2.29. The van der Waals surface area contributed by atoms with Crippen molar-refractivity contribution in [3.8, 4) is 5.88 Å². The molecule has 0 radical (unpaired) electrons. The van der Waals surface area contributed by atoms with Crippen molar-refractivity contribution < 1.29 is 4.74 Å². The molecule has 0 saturated heterocycles. The Balaban J connectivity index is 3.04. The highest BCUT2D eigenvalue weighted by atomic mass is 35.5. The van der Waals surface area contributed by atoms with Gasteiger partial charge in [-0.1, -0.05) is 23.2 Å². The first-order valence-electron chi connectivity index (χ1n) is 2.46. The third-order valence-corrected chi connectivity index (χ3v) is 1.56. The Morgan fingerprint density at radius 1 is 1.40 bits per heavy atom. The van der Waals surface area contributed by atoms with Crippen molar-refractivity contribution in [3.63, 3.8) is 0 Å². The number of hydrogen-bond donors (Lipinski definition) is 0. The highest BCUT2D eigenvalue weighted by Crippen LogP contribution is 2.20.